The van der Waals surface area contributed by atoms with E-state index in [0.717, 1.165) is 6.07 Å². The molecular weight excluding hydrogens is 357 g/mol. The zero-order valence-corrected chi connectivity index (χ0v) is 14.7. The minimum Gasteiger partial charge on any atom is -0.494 e. The Labute approximate surface area is 154 Å². The molecule has 0 aliphatic carbocycles. The minimum atomic E-state index is -0.614. The number of rotatable bonds is 7. The molecule has 0 unspecified atom stereocenters. The normalized spacial score (nSPS) is 11.4. The number of hydrogen-bond acceptors (Lipinski definition) is 5. The van der Waals surface area contributed by atoms with Gasteiger partial charge in [0.1, 0.15) is 0 Å². The second-order valence-electron chi connectivity index (χ2n) is 5.67. The fraction of sp³-hybridized carbons (Fsp3) is 0.222. The first-order chi connectivity index (χ1) is 12.8. The zero-order chi connectivity index (χ0) is 20.0. The van der Waals surface area contributed by atoms with Crippen LogP contribution in [0.15, 0.2) is 42.5 Å². The Hall–Kier alpha value is -3.49. The molecule has 0 aromatic heterocycles. The van der Waals surface area contributed by atoms with Gasteiger partial charge in [-0.3, -0.25) is 19.7 Å². The molecule has 2 rings (SSSR count). The molecule has 0 aliphatic heterocycles. The second-order valence-corrected chi connectivity index (χ2v) is 5.67. The molecule has 9 heteroatoms. The molecular formula is C18H18FN3O5. The molecule has 142 valence electrons. The van der Waals surface area contributed by atoms with Crippen molar-refractivity contribution in [2.75, 3.05) is 13.7 Å². The van der Waals surface area contributed by atoms with Gasteiger partial charge in [-0.1, -0.05) is 12.1 Å². The van der Waals surface area contributed by atoms with E-state index >= 15 is 0 Å². The van der Waals surface area contributed by atoms with E-state index in [1.807, 2.05) is 0 Å². The number of non-ortho nitro benzene ring substituents is 1. The van der Waals surface area contributed by atoms with Crippen molar-refractivity contribution in [2.24, 2.45) is 0 Å². The van der Waals surface area contributed by atoms with E-state index in [0.29, 0.717) is 5.56 Å². The monoisotopic (exact) mass is 375 g/mol. The molecule has 8 nitrogen and oxygen atoms in total. The van der Waals surface area contributed by atoms with E-state index in [2.05, 4.69) is 10.6 Å². The topological polar surface area (TPSA) is 111 Å². The fourth-order valence-corrected chi connectivity index (χ4v) is 2.35. The van der Waals surface area contributed by atoms with Crippen LogP contribution in [0.1, 0.15) is 28.9 Å². The minimum absolute atomic E-state index is 0.0715. The molecule has 2 aromatic rings. The third-order valence-corrected chi connectivity index (χ3v) is 3.78. The number of ether oxygens (including phenoxy) is 1. The van der Waals surface area contributed by atoms with Gasteiger partial charge in [0.05, 0.1) is 24.6 Å². The molecule has 2 aromatic carbocycles. The highest BCUT2D eigenvalue weighted by molar-refractivity contribution is 5.97. The van der Waals surface area contributed by atoms with Gasteiger partial charge in [-0.05, 0) is 30.7 Å². The van der Waals surface area contributed by atoms with E-state index in [-0.39, 0.29) is 23.5 Å². The highest BCUT2D eigenvalue weighted by Gasteiger charge is 2.15. The lowest BCUT2D eigenvalue weighted by molar-refractivity contribution is -0.384. The summed E-state index contributed by atoms with van der Waals surface area (Å²) in [5, 5.41) is 15.7. The van der Waals surface area contributed by atoms with Gasteiger partial charge in [0.25, 0.3) is 11.6 Å². The van der Waals surface area contributed by atoms with Gasteiger partial charge in [0.15, 0.2) is 11.6 Å². The average Bonchev–Trinajstić information content (AvgIpc) is 2.66. The van der Waals surface area contributed by atoms with Crippen LogP contribution < -0.4 is 15.4 Å². The van der Waals surface area contributed by atoms with E-state index in [4.69, 9.17) is 4.74 Å². The number of carbonyl (C=O) groups is 2. The molecule has 2 N–H and O–H groups in total. The number of halogens is 1. The molecule has 0 saturated carbocycles. The molecule has 0 aliphatic rings. The largest absolute Gasteiger partial charge is 0.494 e. The molecule has 0 spiro atoms. The number of carbonyl (C=O) groups excluding carboxylic acids is 2. The summed E-state index contributed by atoms with van der Waals surface area (Å²) in [6.07, 6.45) is 0. The lowest BCUT2D eigenvalue weighted by atomic mass is 10.1. The first-order valence-electron chi connectivity index (χ1n) is 7.97. The van der Waals surface area contributed by atoms with Crippen LogP contribution in [0.25, 0.3) is 0 Å². The van der Waals surface area contributed by atoms with Crippen molar-refractivity contribution in [2.45, 2.75) is 13.0 Å². The molecule has 27 heavy (non-hydrogen) atoms. The van der Waals surface area contributed by atoms with E-state index in [1.54, 1.807) is 13.0 Å². The van der Waals surface area contributed by atoms with Crippen molar-refractivity contribution < 1.29 is 23.6 Å². The van der Waals surface area contributed by atoms with Gasteiger partial charge < -0.3 is 15.4 Å². The Bertz CT molecular complexity index is 872. The van der Waals surface area contributed by atoms with Gasteiger partial charge >= 0.3 is 0 Å². The highest BCUT2D eigenvalue weighted by atomic mass is 19.1. The molecule has 2 amide bonds. The first-order valence-corrected chi connectivity index (χ1v) is 7.97. The van der Waals surface area contributed by atoms with Crippen molar-refractivity contribution in [3.8, 4) is 5.75 Å². The summed E-state index contributed by atoms with van der Waals surface area (Å²) in [6, 6.07) is 9.01. The Kier molecular flexibility index (Phi) is 6.42. The van der Waals surface area contributed by atoms with E-state index in [1.165, 1.54) is 37.4 Å². The Morgan fingerprint density at radius 1 is 1.26 bits per heavy atom. The maximum atomic E-state index is 13.7. The number of benzene rings is 2. The van der Waals surface area contributed by atoms with Crippen LogP contribution in [-0.4, -0.2) is 30.4 Å². The van der Waals surface area contributed by atoms with Crippen LogP contribution in [0.2, 0.25) is 0 Å². The number of amides is 2. The lowest BCUT2D eigenvalue weighted by Gasteiger charge is -2.15. The lowest BCUT2D eigenvalue weighted by Crippen LogP contribution is -2.38. The van der Waals surface area contributed by atoms with Crippen molar-refractivity contribution in [1.29, 1.82) is 0 Å². The summed E-state index contributed by atoms with van der Waals surface area (Å²) in [4.78, 5) is 34.1. The quantitative estimate of drug-likeness (QED) is 0.570. The van der Waals surface area contributed by atoms with Crippen LogP contribution in [-0.2, 0) is 4.79 Å². The molecule has 0 fully saturated rings. The third-order valence-electron chi connectivity index (χ3n) is 3.78. The predicted molar refractivity (Wildman–Crippen MR) is 94.9 cm³/mol. The van der Waals surface area contributed by atoms with Crippen molar-refractivity contribution in [3.63, 3.8) is 0 Å². The van der Waals surface area contributed by atoms with Gasteiger partial charge in [-0.15, -0.1) is 0 Å². The van der Waals surface area contributed by atoms with Crippen LogP contribution in [0.4, 0.5) is 10.1 Å². The maximum absolute atomic E-state index is 13.7. The summed E-state index contributed by atoms with van der Waals surface area (Å²) < 4.78 is 18.6. The van der Waals surface area contributed by atoms with Crippen LogP contribution in [0.5, 0.6) is 5.75 Å². The molecule has 0 saturated heterocycles. The molecule has 1 atom stereocenters. The van der Waals surface area contributed by atoms with Crippen molar-refractivity contribution in [3.05, 3.63) is 69.5 Å². The van der Waals surface area contributed by atoms with E-state index in [9.17, 15) is 24.1 Å². The highest BCUT2D eigenvalue weighted by Crippen LogP contribution is 2.21. The summed E-state index contributed by atoms with van der Waals surface area (Å²) in [7, 11) is 1.35. The maximum Gasteiger partial charge on any atom is 0.270 e. The standard InChI is InChI=1S/C18H18FN3O5/c1-11(12-6-7-16(27-2)15(19)9-12)21-17(23)10-20-18(24)13-4-3-5-14(8-13)22(25)26/h3-9,11H,10H2,1-2H3,(H,20,24)(H,21,23)/t11-/m1/s1. The number of nitrogens with one attached hydrogen (secondary N) is 2. The van der Waals surface area contributed by atoms with Crippen molar-refractivity contribution in [1.82, 2.24) is 10.6 Å². The van der Waals surface area contributed by atoms with Crippen LogP contribution >= 0.6 is 0 Å². The second kappa shape index (κ2) is 8.75. The Balaban J connectivity index is 1.92. The number of nitro benzene ring substituents is 1. The average molecular weight is 375 g/mol. The summed E-state index contributed by atoms with van der Waals surface area (Å²) in [5.41, 5.74) is 0.385. The summed E-state index contributed by atoms with van der Waals surface area (Å²) >= 11 is 0. The third kappa shape index (κ3) is 5.24. The number of methoxy groups -OCH3 is 1. The smallest absolute Gasteiger partial charge is 0.270 e. The number of nitrogens with zero attached hydrogens (tertiary/aromatic N) is 1. The van der Waals surface area contributed by atoms with Crippen molar-refractivity contribution >= 4 is 17.5 Å². The van der Waals surface area contributed by atoms with Gasteiger partial charge in [-0.25, -0.2) is 4.39 Å². The fourth-order valence-electron chi connectivity index (χ4n) is 2.35. The molecule has 0 heterocycles. The van der Waals surface area contributed by atoms with Gasteiger partial charge in [0, 0.05) is 17.7 Å². The van der Waals surface area contributed by atoms with Crippen LogP contribution in [0.3, 0.4) is 0 Å². The zero-order valence-electron chi connectivity index (χ0n) is 14.7. The number of hydrogen-bond donors (Lipinski definition) is 2. The Morgan fingerprint density at radius 3 is 2.63 bits per heavy atom. The van der Waals surface area contributed by atoms with Crippen LogP contribution in [0, 0.1) is 15.9 Å². The van der Waals surface area contributed by atoms with Gasteiger partial charge in [-0.2, -0.15) is 0 Å². The summed E-state index contributed by atoms with van der Waals surface area (Å²) in [5.74, 6) is -1.55. The van der Waals surface area contributed by atoms with E-state index < -0.39 is 28.6 Å². The molecule has 0 bridgehead atoms. The SMILES string of the molecule is COc1ccc([C@@H](C)NC(=O)CNC(=O)c2cccc([N+](=O)[O-])c2)cc1F. The Morgan fingerprint density at radius 2 is 2.00 bits per heavy atom. The number of nitro groups is 1. The summed E-state index contributed by atoms with van der Waals surface area (Å²) in [6.45, 7) is 1.34. The first kappa shape index (κ1) is 19.8. The van der Waals surface area contributed by atoms with Gasteiger partial charge in [0.2, 0.25) is 5.91 Å². The predicted octanol–water partition coefficient (Wildman–Crippen LogP) is 2.35. The molecule has 0 radical (unpaired) electrons.